The summed E-state index contributed by atoms with van der Waals surface area (Å²) >= 11 is 5.85. The van der Waals surface area contributed by atoms with Crippen molar-refractivity contribution in [1.29, 1.82) is 0 Å². The molecule has 2 atom stereocenters. The van der Waals surface area contributed by atoms with E-state index in [0.717, 1.165) is 0 Å². The van der Waals surface area contributed by atoms with Crippen molar-refractivity contribution in [3.05, 3.63) is 0 Å². The monoisotopic (exact) mass is 174 g/mol. The number of hydrogen-bond donors (Lipinski definition) is 2. The molecule has 2 unspecified atom stereocenters. The Hall–Kier alpha value is -0.810. The second kappa shape index (κ2) is 2.35. The van der Waals surface area contributed by atoms with E-state index < -0.39 is 0 Å². The van der Waals surface area contributed by atoms with Gasteiger partial charge in [-0.2, -0.15) is 5.10 Å². The Labute approximate surface area is 68.3 Å². The number of nitrogens with one attached hydrogen (secondary N) is 2. The molecule has 2 heterocycles. The van der Waals surface area contributed by atoms with Crippen LogP contribution >= 0.6 is 11.6 Å². The summed E-state index contributed by atoms with van der Waals surface area (Å²) in [4.78, 5) is 11.1. The number of halogens is 1. The van der Waals surface area contributed by atoms with Crippen LogP contribution in [0.4, 0.5) is 0 Å². The van der Waals surface area contributed by atoms with Crippen LogP contribution in [-0.4, -0.2) is 35.2 Å². The quantitative estimate of drug-likeness (QED) is 0.457. The van der Waals surface area contributed by atoms with Crippen molar-refractivity contribution in [2.24, 2.45) is 5.10 Å². The molecule has 0 aromatic rings. The van der Waals surface area contributed by atoms with Crippen molar-refractivity contribution >= 4 is 23.8 Å². The van der Waals surface area contributed by atoms with E-state index in [2.05, 4.69) is 16.0 Å². The van der Waals surface area contributed by atoms with E-state index in [1.54, 1.807) is 5.01 Å². The number of hydrazone groups is 1. The van der Waals surface area contributed by atoms with Crippen molar-refractivity contribution in [3.63, 3.8) is 0 Å². The largest absolute Gasteiger partial charge is 0.282 e. The number of hydrogen-bond acceptors (Lipinski definition) is 4. The van der Waals surface area contributed by atoms with Gasteiger partial charge in [0.05, 0.1) is 5.38 Å². The highest BCUT2D eigenvalue weighted by molar-refractivity contribution is 6.23. The minimum atomic E-state index is -0.311. The van der Waals surface area contributed by atoms with E-state index in [1.165, 1.54) is 6.34 Å². The molecule has 0 bridgehead atoms. The van der Waals surface area contributed by atoms with Gasteiger partial charge in [0.1, 0.15) is 12.4 Å². The summed E-state index contributed by atoms with van der Waals surface area (Å²) < 4.78 is 0. The lowest BCUT2D eigenvalue weighted by atomic mass is 10.2. The van der Waals surface area contributed by atoms with Crippen LogP contribution in [0.5, 0.6) is 0 Å². The lowest BCUT2D eigenvalue weighted by Crippen LogP contribution is -2.50. The molecule has 2 rings (SSSR count). The summed E-state index contributed by atoms with van der Waals surface area (Å²) in [6, 6.07) is -0.311. The van der Waals surface area contributed by atoms with E-state index in [1.807, 2.05) is 0 Å². The molecule has 2 aliphatic rings. The highest BCUT2D eigenvalue weighted by atomic mass is 35.5. The minimum absolute atomic E-state index is 0.155. The van der Waals surface area contributed by atoms with Gasteiger partial charge in [-0.1, -0.05) is 0 Å². The fraction of sp³-hybridized carbons (Fsp3) is 0.600. The average molecular weight is 175 g/mol. The molecule has 2 N–H and O–H groups in total. The fourth-order valence-electron chi connectivity index (χ4n) is 1.20. The molecule has 1 saturated heterocycles. The molecule has 6 heteroatoms. The van der Waals surface area contributed by atoms with Crippen LogP contribution in [-0.2, 0) is 4.79 Å². The summed E-state index contributed by atoms with van der Waals surface area (Å²) in [5.74, 6) is -0.155. The first-order valence-electron chi connectivity index (χ1n) is 3.28. The Kier molecular flexibility index (Phi) is 1.47. The molecule has 11 heavy (non-hydrogen) atoms. The Balaban J connectivity index is 2.24. The second-order valence-electron chi connectivity index (χ2n) is 2.45. The number of fused-ring (bicyclic) bond motifs is 1. The number of alkyl halides is 1. The number of nitrogens with zero attached hydrogens (tertiary/aromatic N) is 2. The van der Waals surface area contributed by atoms with Crippen LogP contribution in [0.2, 0.25) is 0 Å². The first kappa shape index (κ1) is 6.87. The maximum Gasteiger partial charge on any atom is 0.266 e. The van der Waals surface area contributed by atoms with Crippen LogP contribution in [0.3, 0.4) is 0 Å². The van der Waals surface area contributed by atoms with Crippen LogP contribution in [0.15, 0.2) is 5.10 Å². The van der Waals surface area contributed by atoms with Gasteiger partial charge in [0, 0.05) is 6.54 Å². The van der Waals surface area contributed by atoms with E-state index in [9.17, 15) is 4.79 Å². The Morgan fingerprint density at radius 1 is 1.82 bits per heavy atom. The molecule has 2 aliphatic heterocycles. The third kappa shape index (κ3) is 0.965. The normalized spacial score (nSPS) is 35.4. The second-order valence-corrected chi connectivity index (χ2v) is 3.01. The Morgan fingerprint density at radius 3 is 3.36 bits per heavy atom. The van der Waals surface area contributed by atoms with Gasteiger partial charge in [-0.3, -0.25) is 9.80 Å². The van der Waals surface area contributed by atoms with Crippen LogP contribution < -0.4 is 10.9 Å². The molecule has 0 aromatic carbocycles. The standard InChI is InChI=1S/C5H7ClN4O/c6-3-1-8-10-2-7-9-5(11)4(3)10/h2-4,8H,1H2,(H,9,11). The molecule has 60 valence electrons. The molecule has 1 amide bonds. The van der Waals surface area contributed by atoms with Gasteiger partial charge in [0.15, 0.2) is 0 Å². The predicted molar refractivity (Wildman–Crippen MR) is 39.9 cm³/mol. The zero-order valence-corrected chi connectivity index (χ0v) is 6.38. The first-order chi connectivity index (χ1) is 5.29. The van der Waals surface area contributed by atoms with Gasteiger partial charge >= 0.3 is 0 Å². The van der Waals surface area contributed by atoms with Crippen LogP contribution in [0, 0.1) is 0 Å². The van der Waals surface area contributed by atoms with Crippen molar-refractivity contribution < 1.29 is 4.79 Å². The average Bonchev–Trinajstić information content (AvgIpc) is 2.34. The number of carbonyl (C=O) groups is 1. The molecule has 0 aromatic heterocycles. The van der Waals surface area contributed by atoms with Gasteiger partial charge in [-0.25, -0.2) is 10.9 Å². The molecule has 5 nitrogen and oxygen atoms in total. The van der Waals surface area contributed by atoms with E-state index >= 15 is 0 Å². The van der Waals surface area contributed by atoms with Crippen LogP contribution in [0.25, 0.3) is 0 Å². The fourth-order valence-corrected chi connectivity index (χ4v) is 1.51. The Morgan fingerprint density at radius 2 is 2.64 bits per heavy atom. The van der Waals surface area contributed by atoms with Crippen LogP contribution in [0.1, 0.15) is 0 Å². The lowest BCUT2D eigenvalue weighted by Gasteiger charge is -2.23. The number of rotatable bonds is 0. The highest BCUT2D eigenvalue weighted by Crippen LogP contribution is 2.15. The van der Waals surface area contributed by atoms with E-state index in [-0.39, 0.29) is 17.3 Å². The van der Waals surface area contributed by atoms with Crippen molar-refractivity contribution in [2.75, 3.05) is 6.54 Å². The third-order valence-electron chi connectivity index (χ3n) is 1.74. The SMILES string of the molecule is O=C1NN=CN2NCC(Cl)C12. The van der Waals surface area contributed by atoms with Gasteiger partial charge in [-0.15, -0.1) is 11.6 Å². The Bertz CT molecular complexity index is 219. The molecule has 0 aliphatic carbocycles. The van der Waals surface area contributed by atoms with E-state index in [4.69, 9.17) is 11.6 Å². The summed E-state index contributed by atoms with van der Waals surface area (Å²) in [5.41, 5.74) is 5.28. The summed E-state index contributed by atoms with van der Waals surface area (Å²) in [6.45, 7) is 0.603. The number of amides is 1. The summed E-state index contributed by atoms with van der Waals surface area (Å²) in [7, 11) is 0. The maximum atomic E-state index is 11.1. The summed E-state index contributed by atoms with van der Waals surface area (Å²) in [5, 5.41) is 5.06. The molecule has 0 spiro atoms. The molecule has 0 radical (unpaired) electrons. The zero-order chi connectivity index (χ0) is 7.84. The topological polar surface area (TPSA) is 56.7 Å². The van der Waals surface area contributed by atoms with Crippen molar-refractivity contribution in [2.45, 2.75) is 11.4 Å². The molecular weight excluding hydrogens is 168 g/mol. The molecular formula is C5H7ClN4O. The van der Waals surface area contributed by atoms with Gasteiger partial charge in [0.25, 0.3) is 5.91 Å². The third-order valence-corrected chi connectivity index (χ3v) is 2.13. The van der Waals surface area contributed by atoms with Crippen molar-refractivity contribution in [3.8, 4) is 0 Å². The number of hydrazine groups is 1. The zero-order valence-electron chi connectivity index (χ0n) is 5.62. The molecule has 1 fully saturated rings. The maximum absolute atomic E-state index is 11.1. The van der Waals surface area contributed by atoms with Crippen molar-refractivity contribution in [1.82, 2.24) is 15.9 Å². The minimum Gasteiger partial charge on any atom is -0.282 e. The predicted octanol–water partition coefficient (Wildman–Crippen LogP) is -1.14. The summed E-state index contributed by atoms with van der Waals surface area (Å²) in [6.07, 6.45) is 1.52. The molecule has 0 saturated carbocycles. The lowest BCUT2D eigenvalue weighted by molar-refractivity contribution is -0.125. The van der Waals surface area contributed by atoms with Gasteiger partial charge in [-0.05, 0) is 0 Å². The van der Waals surface area contributed by atoms with Gasteiger partial charge < -0.3 is 0 Å². The van der Waals surface area contributed by atoms with Gasteiger partial charge in [0.2, 0.25) is 0 Å². The number of carbonyl (C=O) groups excluding carboxylic acids is 1. The smallest absolute Gasteiger partial charge is 0.266 e. The first-order valence-corrected chi connectivity index (χ1v) is 3.71. The highest BCUT2D eigenvalue weighted by Gasteiger charge is 2.38. The van der Waals surface area contributed by atoms with E-state index in [0.29, 0.717) is 6.54 Å².